The lowest BCUT2D eigenvalue weighted by Crippen LogP contribution is -2.24. The molecule has 0 radical (unpaired) electrons. The van der Waals surface area contributed by atoms with Gasteiger partial charge < -0.3 is 10.6 Å². The molecule has 0 aromatic heterocycles. The van der Waals surface area contributed by atoms with E-state index >= 15 is 0 Å². The minimum atomic E-state index is 0.656. The highest BCUT2D eigenvalue weighted by Gasteiger charge is 2.18. The molecule has 1 aromatic carbocycles. The summed E-state index contributed by atoms with van der Waals surface area (Å²) in [6.45, 7) is 3.22. The highest BCUT2D eigenvalue weighted by atomic mass is 35.5. The number of aryl methyl sites for hydroxylation is 1. The third kappa shape index (κ3) is 2.86. The maximum atomic E-state index is 6.09. The van der Waals surface area contributed by atoms with Crippen LogP contribution in [0.25, 0.3) is 0 Å². The smallest absolute Gasteiger partial charge is 0.0656 e. The van der Waals surface area contributed by atoms with Crippen LogP contribution in [0.4, 0.5) is 11.4 Å². The Morgan fingerprint density at radius 3 is 2.65 bits per heavy atom. The molecule has 0 bridgehead atoms. The summed E-state index contributed by atoms with van der Waals surface area (Å²) >= 11 is 6.09. The maximum absolute atomic E-state index is 6.09. The summed E-state index contributed by atoms with van der Waals surface area (Å²) in [4.78, 5) is 2.32. The number of anilines is 2. The zero-order chi connectivity index (χ0) is 12.4. The van der Waals surface area contributed by atoms with Gasteiger partial charge in [-0.05, 0) is 43.4 Å². The second-order valence-corrected chi connectivity index (χ2v) is 5.60. The summed E-state index contributed by atoms with van der Waals surface area (Å²) < 4.78 is 0. The average molecular weight is 253 g/mol. The van der Waals surface area contributed by atoms with Crippen molar-refractivity contribution in [1.29, 1.82) is 0 Å². The summed E-state index contributed by atoms with van der Waals surface area (Å²) in [5, 5.41) is 0.656. The Kier molecular flexibility index (Phi) is 3.82. The molecule has 1 fully saturated rings. The second kappa shape index (κ2) is 5.18. The van der Waals surface area contributed by atoms with Crippen molar-refractivity contribution in [3.63, 3.8) is 0 Å². The van der Waals surface area contributed by atoms with Crippen molar-refractivity contribution in [2.45, 2.75) is 32.6 Å². The molecular formula is C14H21ClN2. The number of benzene rings is 1. The van der Waals surface area contributed by atoms with Crippen molar-refractivity contribution < 1.29 is 0 Å². The molecule has 2 rings (SSSR count). The van der Waals surface area contributed by atoms with Gasteiger partial charge in [-0.1, -0.05) is 24.4 Å². The molecule has 3 heteroatoms. The fourth-order valence-corrected chi connectivity index (χ4v) is 2.94. The minimum absolute atomic E-state index is 0.656. The predicted octanol–water partition coefficient (Wildman–Crippen LogP) is 3.86. The van der Waals surface area contributed by atoms with Gasteiger partial charge in [-0.25, -0.2) is 0 Å². The van der Waals surface area contributed by atoms with Crippen molar-refractivity contribution >= 4 is 23.0 Å². The van der Waals surface area contributed by atoms with Gasteiger partial charge in [0.15, 0.2) is 0 Å². The fraction of sp³-hybridized carbons (Fsp3) is 0.571. The van der Waals surface area contributed by atoms with Crippen molar-refractivity contribution in [2.75, 3.05) is 24.2 Å². The average Bonchev–Trinajstić information content (AvgIpc) is 2.76. The zero-order valence-electron chi connectivity index (χ0n) is 10.7. The highest BCUT2D eigenvalue weighted by molar-refractivity contribution is 6.33. The van der Waals surface area contributed by atoms with Crippen LogP contribution >= 0.6 is 11.6 Å². The summed E-state index contributed by atoms with van der Waals surface area (Å²) in [5.41, 5.74) is 8.88. The number of nitrogens with two attached hydrogens (primary N) is 1. The summed E-state index contributed by atoms with van der Waals surface area (Å²) in [7, 11) is 2.15. The van der Waals surface area contributed by atoms with Gasteiger partial charge in [0.05, 0.1) is 10.7 Å². The number of hydrogen-bond donors (Lipinski definition) is 1. The molecule has 17 heavy (non-hydrogen) atoms. The second-order valence-electron chi connectivity index (χ2n) is 5.19. The lowest BCUT2D eigenvalue weighted by molar-refractivity contribution is 0.547. The lowest BCUT2D eigenvalue weighted by atomic mass is 10.1. The van der Waals surface area contributed by atoms with Crippen LogP contribution in [0.3, 0.4) is 0 Å². The fourth-order valence-electron chi connectivity index (χ4n) is 2.78. The molecule has 1 aromatic rings. The van der Waals surface area contributed by atoms with E-state index in [2.05, 4.69) is 18.9 Å². The van der Waals surface area contributed by atoms with Crippen LogP contribution in [0.5, 0.6) is 0 Å². The normalized spacial score (nSPS) is 16.4. The molecule has 1 saturated carbocycles. The van der Waals surface area contributed by atoms with E-state index in [9.17, 15) is 0 Å². The van der Waals surface area contributed by atoms with Crippen LogP contribution in [0, 0.1) is 12.8 Å². The van der Waals surface area contributed by atoms with E-state index in [1.807, 2.05) is 12.1 Å². The number of halogens is 1. The number of rotatable bonds is 3. The van der Waals surface area contributed by atoms with Gasteiger partial charge in [0.1, 0.15) is 0 Å². The molecule has 0 amide bonds. The molecule has 0 spiro atoms. The van der Waals surface area contributed by atoms with Crippen LogP contribution < -0.4 is 10.6 Å². The maximum Gasteiger partial charge on any atom is 0.0656 e. The van der Waals surface area contributed by atoms with Crippen LogP contribution in [0.15, 0.2) is 12.1 Å². The summed E-state index contributed by atoms with van der Waals surface area (Å²) in [6.07, 6.45) is 5.51. The quantitative estimate of drug-likeness (QED) is 0.828. The molecule has 2 nitrogen and oxygen atoms in total. The zero-order valence-corrected chi connectivity index (χ0v) is 11.4. The number of hydrogen-bond acceptors (Lipinski definition) is 2. The van der Waals surface area contributed by atoms with Crippen molar-refractivity contribution in [2.24, 2.45) is 5.92 Å². The molecule has 1 aliphatic carbocycles. The molecule has 0 heterocycles. The van der Waals surface area contributed by atoms with E-state index in [0.29, 0.717) is 10.7 Å². The molecule has 0 saturated heterocycles. The third-order valence-electron chi connectivity index (χ3n) is 3.73. The van der Waals surface area contributed by atoms with E-state index in [-0.39, 0.29) is 0 Å². The monoisotopic (exact) mass is 252 g/mol. The minimum Gasteiger partial charge on any atom is -0.398 e. The first-order valence-electron chi connectivity index (χ1n) is 6.34. The van der Waals surface area contributed by atoms with E-state index in [1.165, 1.54) is 36.9 Å². The van der Waals surface area contributed by atoms with Gasteiger partial charge >= 0.3 is 0 Å². The van der Waals surface area contributed by atoms with Crippen molar-refractivity contribution in [3.05, 3.63) is 22.7 Å². The van der Waals surface area contributed by atoms with E-state index in [1.54, 1.807) is 0 Å². The van der Waals surface area contributed by atoms with Gasteiger partial charge in [-0.15, -0.1) is 0 Å². The predicted molar refractivity (Wildman–Crippen MR) is 75.8 cm³/mol. The first-order chi connectivity index (χ1) is 8.08. The Bertz CT molecular complexity index is 397. The Labute approximate surface area is 109 Å². The number of nitrogen functional groups attached to an aromatic ring is 1. The van der Waals surface area contributed by atoms with Crippen LogP contribution in [0.2, 0.25) is 5.02 Å². The van der Waals surface area contributed by atoms with Gasteiger partial charge in [-0.2, -0.15) is 0 Å². The molecule has 2 N–H and O–H groups in total. The first-order valence-corrected chi connectivity index (χ1v) is 6.72. The van der Waals surface area contributed by atoms with Crippen LogP contribution in [0.1, 0.15) is 31.2 Å². The van der Waals surface area contributed by atoms with Crippen LogP contribution in [-0.2, 0) is 0 Å². The number of nitrogens with zero attached hydrogens (tertiary/aromatic N) is 1. The SMILES string of the molecule is Cc1cc(N)c(Cl)cc1N(C)CC1CCCC1. The van der Waals surface area contributed by atoms with E-state index in [4.69, 9.17) is 17.3 Å². The Hall–Kier alpha value is -0.890. The molecule has 94 valence electrons. The Balaban J connectivity index is 2.12. The first kappa shape index (κ1) is 12.6. The molecular weight excluding hydrogens is 232 g/mol. The molecule has 0 unspecified atom stereocenters. The molecule has 0 atom stereocenters. The summed E-state index contributed by atoms with van der Waals surface area (Å²) in [5.74, 6) is 0.843. The summed E-state index contributed by atoms with van der Waals surface area (Å²) in [6, 6.07) is 3.95. The van der Waals surface area contributed by atoms with E-state index < -0.39 is 0 Å². The van der Waals surface area contributed by atoms with Crippen molar-refractivity contribution in [1.82, 2.24) is 0 Å². The van der Waals surface area contributed by atoms with Crippen molar-refractivity contribution in [3.8, 4) is 0 Å². The highest BCUT2D eigenvalue weighted by Crippen LogP contribution is 2.31. The van der Waals surface area contributed by atoms with E-state index in [0.717, 1.165) is 12.5 Å². The third-order valence-corrected chi connectivity index (χ3v) is 4.06. The molecule has 1 aliphatic rings. The topological polar surface area (TPSA) is 29.3 Å². The Morgan fingerprint density at radius 1 is 1.35 bits per heavy atom. The van der Waals surface area contributed by atoms with Gasteiger partial charge in [-0.3, -0.25) is 0 Å². The lowest BCUT2D eigenvalue weighted by Gasteiger charge is -2.25. The van der Waals surface area contributed by atoms with Crippen LogP contribution in [-0.4, -0.2) is 13.6 Å². The van der Waals surface area contributed by atoms with Gasteiger partial charge in [0.25, 0.3) is 0 Å². The standard InChI is InChI=1S/C14H21ClN2/c1-10-7-13(16)12(15)8-14(10)17(2)9-11-5-3-4-6-11/h7-8,11H,3-6,9,16H2,1-2H3. The van der Waals surface area contributed by atoms with Gasteiger partial charge in [0, 0.05) is 19.3 Å². The Morgan fingerprint density at radius 2 is 2.00 bits per heavy atom. The van der Waals surface area contributed by atoms with Gasteiger partial charge in [0.2, 0.25) is 0 Å². The molecule has 0 aliphatic heterocycles. The largest absolute Gasteiger partial charge is 0.398 e.